The SMILES string of the molecule is Cc1ccccc1C(=O)Nc1ccc(S(=O)(=O)N[C@H](C)C2CCNCC2)cc1F.Cl. The number of carbonyl (C=O) groups excluding carboxylic acids is 1. The summed E-state index contributed by atoms with van der Waals surface area (Å²) in [6.45, 7) is 5.35. The van der Waals surface area contributed by atoms with Crippen LogP contribution in [0.4, 0.5) is 10.1 Å². The average Bonchev–Trinajstić information content (AvgIpc) is 2.70. The molecule has 0 aromatic heterocycles. The Hall–Kier alpha value is -2.00. The maximum atomic E-state index is 14.5. The zero-order chi connectivity index (χ0) is 21.0. The number of aryl methyl sites for hydroxylation is 1. The van der Waals surface area contributed by atoms with Gasteiger partial charge in [-0.3, -0.25) is 4.79 Å². The molecule has 0 spiro atoms. The van der Waals surface area contributed by atoms with E-state index in [0.29, 0.717) is 5.56 Å². The van der Waals surface area contributed by atoms with E-state index in [1.165, 1.54) is 12.1 Å². The van der Waals surface area contributed by atoms with E-state index in [2.05, 4.69) is 15.4 Å². The molecule has 1 heterocycles. The van der Waals surface area contributed by atoms with Crippen molar-refractivity contribution < 1.29 is 17.6 Å². The number of sulfonamides is 1. The fourth-order valence-corrected chi connectivity index (χ4v) is 4.86. The van der Waals surface area contributed by atoms with Crippen LogP contribution in [-0.4, -0.2) is 33.5 Å². The predicted molar refractivity (Wildman–Crippen MR) is 118 cm³/mol. The fraction of sp³-hybridized carbons (Fsp3) is 0.381. The highest BCUT2D eigenvalue weighted by molar-refractivity contribution is 7.89. The van der Waals surface area contributed by atoms with Gasteiger partial charge in [0.1, 0.15) is 5.82 Å². The zero-order valence-corrected chi connectivity index (χ0v) is 18.6. The topological polar surface area (TPSA) is 87.3 Å². The van der Waals surface area contributed by atoms with Gasteiger partial charge in [-0.25, -0.2) is 17.5 Å². The first-order chi connectivity index (χ1) is 13.8. The Morgan fingerprint density at radius 3 is 2.47 bits per heavy atom. The third-order valence-corrected chi connectivity index (χ3v) is 6.88. The molecule has 1 aliphatic rings. The van der Waals surface area contributed by atoms with Gasteiger partial charge in [0.2, 0.25) is 10.0 Å². The van der Waals surface area contributed by atoms with Crippen LogP contribution in [0.25, 0.3) is 0 Å². The van der Waals surface area contributed by atoms with Crippen LogP contribution in [0.5, 0.6) is 0 Å². The summed E-state index contributed by atoms with van der Waals surface area (Å²) in [5.41, 5.74) is 1.13. The lowest BCUT2D eigenvalue weighted by molar-refractivity contribution is 0.102. The molecule has 2 aromatic carbocycles. The van der Waals surface area contributed by atoms with Crippen molar-refractivity contribution in [2.45, 2.75) is 37.6 Å². The number of hydrogen-bond acceptors (Lipinski definition) is 4. The predicted octanol–water partition coefficient (Wildman–Crippen LogP) is 3.47. The first-order valence-electron chi connectivity index (χ1n) is 9.67. The Kier molecular flexibility index (Phi) is 8.37. The highest BCUT2D eigenvalue weighted by Gasteiger charge is 2.26. The van der Waals surface area contributed by atoms with Gasteiger partial charge in [-0.2, -0.15) is 0 Å². The van der Waals surface area contributed by atoms with E-state index >= 15 is 0 Å². The Balaban J connectivity index is 0.00000320. The van der Waals surface area contributed by atoms with Crippen LogP contribution in [0.1, 0.15) is 35.7 Å². The second-order valence-electron chi connectivity index (χ2n) is 7.41. The monoisotopic (exact) mass is 455 g/mol. The summed E-state index contributed by atoms with van der Waals surface area (Å²) >= 11 is 0. The van der Waals surface area contributed by atoms with Crippen LogP contribution >= 0.6 is 12.4 Å². The third-order valence-electron chi connectivity index (χ3n) is 5.32. The van der Waals surface area contributed by atoms with Gasteiger partial charge in [0.25, 0.3) is 5.91 Å². The van der Waals surface area contributed by atoms with Gasteiger partial charge in [-0.1, -0.05) is 18.2 Å². The lowest BCUT2D eigenvalue weighted by Gasteiger charge is -2.28. The smallest absolute Gasteiger partial charge is 0.256 e. The summed E-state index contributed by atoms with van der Waals surface area (Å²) in [7, 11) is -3.86. The molecule has 1 saturated heterocycles. The number of rotatable bonds is 6. The van der Waals surface area contributed by atoms with Gasteiger partial charge in [0, 0.05) is 11.6 Å². The van der Waals surface area contributed by atoms with Gasteiger partial charge < -0.3 is 10.6 Å². The van der Waals surface area contributed by atoms with Crippen LogP contribution in [0, 0.1) is 18.7 Å². The number of piperidine rings is 1. The van der Waals surface area contributed by atoms with E-state index in [1.807, 2.05) is 13.0 Å². The Bertz CT molecular complexity index is 995. The third kappa shape index (κ3) is 5.78. The summed E-state index contributed by atoms with van der Waals surface area (Å²) in [6, 6.07) is 10.2. The number of nitrogens with one attached hydrogen (secondary N) is 3. The van der Waals surface area contributed by atoms with Crippen LogP contribution in [0.3, 0.4) is 0 Å². The summed E-state index contributed by atoms with van der Waals surface area (Å²) in [5.74, 6) is -1.01. The molecule has 0 bridgehead atoms. The van der Waals surface area contributed by atoms with Crippen LogP contribution < -0.4 is 15.4 Å². The second kappa shape index (κ2) is 10.3. The molecule has 2 aromatic rings. The Labute approximate surface area is 183 Å². The van der Waals surface area contributed by atoms with Crippen molar-refractivity contribution in [3.63, 3.8) is 0 Å². The van der Waals surface area contributed by atoms with E-state index in [-0.39, 0.29) is 34.9 Å². The van der Waals surface area contributed by atoms with Gasteiger partial charge >= 0.3 is 0 Å². The largest absolute Gasteiger partial charge is 0.319 e. The van der Waals surface area contributed by atoms with Crippen molar-refractivity contribution >= 4 is 34.0 Å². The minimum absolute atomic E-state index is 0. The quantitative estimate of drug-likeness (QED) is 0.622. The van der Waals surface area contributed by atoms with Crippen molar-refractivity contribution in [2.75, 3.05) is 18.4 Å². The standard InChI is InChI=1S/C21H26FN3O3S.ClH/c1-14-5-3-4-6-18(14)21(26)24-20-8-7-17(13-19(20)22)29(27,28)25-15(2)16-9-11-23-12-10-16;/h3-8,13,15-16,23,25H,9-12H2,1-2H3,(H,24,26);1H/t15-;/m1./s1. The summed E-state index contributed by atoms with van der Waals surface area (Å²) < 4.78 is 42.5. The van der Waals surface area contributed by atoms with E-state index in [9.17, 15) is 17.6 Å². The molecular formula is C21H27ClFN3O3S. The number of amides is 1. The van der Waals surface area contributed by atoms with Crippen molar-refractivity contribution in [3.8, 4) is 0 Å². The molecule has 0 radical (unpaired) electrons. The first-order valence-corrected chi connectivity index (χ1v) is 11.2. The minimum atomic E-state index is -3.86. The molecule has 164 valence electrons. The average molecular weight is 456 g/mol. The second-order valence-corrected chi connectivity index (χ2v) is 9.12. The maximum Gasteiger partial charge on any atom is 0.256 e. The highest BCUT2D eigenvalue weighted by atomic mass is 35.5. The minimum Gasteiger partial charge on any atom is -0.319 e. The van der Waals surface area contributed by atoms with Crippen molar-refractivity contribution in [2.24, 2.45) is 5.92 Å². The Morgan fingerprint density at radius 2 is 1.83 bits per heavy atom. The molecule has 1 atom stereocenters. The molecule has 1 amide bonds. The van der Waals surface area contributed by atoms with Gasteiger partial charge in [-0.05, 0) is 75.5 Å². The molecule has 1 aliphatic heterocycles. The van der Waals surface area contributed by atoms with Gasteiger partial charge in [0.05, 0.1) is 10.6 Å². The highest BCUT2D eigenvalue weighted by Crippen LogP contribution is 2.22. The molecule has 3 rings (SSSR count). The molecule has 0 saturated carbocycles. The molecule has 3 N–H and O–H groups in total. The Morgan fingerprint density at radius 1 is 1.17 bits per heavy atom. The molecular weight excluding hydrogens is 429 g/mol. The molecule has 9 heteroatoms. The number of benzene rings is 2. The summed E-state index contributed by atoms with van der Waals surface area (Å²) in [4.78, 5) is 12.2. The van der Waals surface area contributed by atoms with E-state index in [4.69, 9.17) is 0 Å². The molecule has 1 fully saturated rings. The van der Waals surface area contributed by atoms with E-state index in [0.717, 1.165) is 37.6 Å². The van der Waals surface area contributed by atoms with Crippen LogP contribution in [0.2, 0.25) is 0 Å². The number of halogens is 2. The number of anilines is 1. The lowest BCUT2D eigenvalue weighted by Crippen LogP contribution is -2.42. The van der Waals surface area contributed by atoms with E-state index in [1.54, 1.807) is 25.1 Å². The van der Waals surface area contributed by atoms with Crippen molar-refractivity contribution in [3.05, 3.63) is 59.4 Å². The summed E-state index contributed by atoms with van der Waals surface area (Å²) in [6.07, 6.45) is 1.78. The van der Waals surface area contributed by atoms with Gasteiger partial charge in [0.15, 0.2) is 0 Å². The molecule has 0 aliphatic carbocycles. The number of hydrogen-bond donors (Lipinski definition) is 3. The normalized spacial score (nSPS) is 15.8. The van der Waals surface area contributed by atoms with Crippen molar-refractivity contribution in [1.82, 2.24) is 10.0 Å². The maximum absolute atomic E-state index is 14.5. The molecule has 0 unspecified atom stereocenters. The lowest BCUT2D eigenvalue weighted by atomic mass is 9.92. The van der Waals surface area contributed by atoms with E-state index < -0.39 is 21.7 Å². The molecule has 6 nitrogen and oxygen atoms in total. The van der Waals surface area contributed by atoms with Crippen molar-refractivity contribution in [1.29, 1.82) is 0 Å². The fourth-order valence-electron chi connectivity index (χ4n) is 3.53. The van der Waals surface area contributed by atoms with Gasteiger partial charge in [-0.15, -0.1) is 12.4 Å². The van der Waals surface area contributed by atoms with Crippen LogP contribution in [-0.2, 0) is 10.0 Å². The van der Waals surface area contributed by atoms with Crippen LogP contribution in [0.15, 0.2) is 47.4 Å². The first kappa shape index (κ1) is 24.3. The molecule has 30 heavy (non-hydrogen) atoms. The summed E-state index contributed by atoms with van der Waals surface area (Å²) in [5, 5.41) is 5.75. The zero-order valence-electron chi connectivity index (χ0n) is 16.9. The number of carbonyl (C=O) groups is 1.